The average Bonchev–Trinajstić information content (AvgIpc) is 2.62. The van der Waals surface area contributed by atoms with Crippen LogP contribution in [0.4, 0.5) is 4.39 Å². The monoisotopic (exact) mass is 209 g/mol. The zero-order chi connectivity index (χ0) is 10.1. The molecule has 1 nitrogen and oxygen atoms in total. The minimum Gasteiger partial charge on any atom is -0.330 e. The molecule has 0 amide bonds. The van der Waals surface area contributed by atoms with E-state index in [2.05, 4.69) is 6.92 Å². The first-order chi connectivity index (χ1) is 6.72. The van der Waals surface area contributed by atoms with Crippen molar-refractivity contribution < 1.29 is 4.39 Å². The molecule has 0 aliphatic heterocycles. The highest BCUT2D eigenvalue weighted by Crippen LogP contribution is 2.31. The Kier molecular flexibility index (Phi) is 2.52. The Balaban J connectivity index is 2.56. The third kappa shape index (κ3) is 1.53. The van der Waals surface area contributed by atoms with Crippen molar-refractivity contribution in [2.45, 2.75) is 12.8 Å². The van der Waals surface area contributed by atoms with Crippen LogP contribution in [0.5, 0.6) is 0 Å². The summed E-state index contributed by atoms with van der Waals surface area (Å²) in [5.74, 6) is 0.168. The maximum absolute atomic E-state index is 13.3. The summed E-state index contributed by atoms with van der Waals surface area (Å²) in [5.41, 5.74) is 5.58. The molecule has 1 atom stereocenters. The number of nitrogens with two attached hydrogens (primary N) is 1. The smallest absolute Gasteiger partial charge is 0.131 e. The van der Waals surface area contributed by atoms with Crippen LogP contribution in [0.25, 0.3) is 10.1 Å². The Morgan fingerprint density at radius 1 is 1.50 bits per heavy atom. The van der Waals surface area contributed by atoms with Gasteiger partial charge in [0, 0.05) is 20.9 Å². The molecule has 1 aromatic heterocycles. The summed E-state index contributed by atoms with van der Waals surface area (Å²) in [4.78, 5) is 1.16. The number of thiophene rings is 1. The van der Waals surface area contributed by atoms with Crippen LogP contribution < -0.4 is 5.73 Å². The quantitative estimate of drug-likeness (QED) is 0.808. The molecular formula is C11H12FNS. The second-order valence-electron chi connectivity index (χ2n) is 3.44. The molecule has 0 fully saturated rings. The summed E-state index contributed by atoms with van der Waals surface area (Å²) in [6.45, 7) is 2.66. The fourth-order valence-electron chi connectivity index (χ4n) is 1.40. The van der Waals surface area contributed by atoms with E-state index in [1.165, 1.54) is 6.07 Å². The van der Waals surface area contributed by atoms with Crippen LogP contribution in [-0.4, -0.2) is 6.54 Å². The lowest BCUT2D eigenvalue weighted by atomic mass is 10.1. The molecule has 14 heavy (non-hydrogen) atoms. The summed E-state index contributed by atoms with van der Waals surface area (Å²) >= 11 is 1.62. The highest BCUT2D eigenvalue weighted by Gasteiger charge is 2.09. The molecule has 0 aliphatic rings. The van der Waals surface area contributed by atoms with Crippen LogP contribution in [0, 0.1) is 5.82 Å². The summed E-state index contributed by atoms with van der Waals surface area (Å²) in [6.07, 6.45) is 0. The van der Waals surface area contributed by atoms with Crippen molar-refractivity contribution in [3.63, 3.8) is 0 Å². The fraction of sp³-hybridized carbons (Fsp3) is 0.273. The predicted octanol–water partition coefficient (Wildman–Crippen LogP) is 3.10. The van der Waals surface area contributed by atoms with Gasteiger partial charge in [0.25, 0.3) is 0 Å². The number of hydrogen-bond donors (Lipinski definition) is 1. The van der Waals surface area contributed by atoms with Crippen molar-refractivity contribution in [3.05, 3.63) is 35.0 Å². The molecule has 0 aliphatic carbocycles. The molecule has 0 saturated heterocycles. The van der Waals surface area contributed by atoms with E-state index in [1.54, 1.807) is 17.4 Å². The van der Waals surface area contributed by atoms with Crippen LogP contribution in [0.2, 0.25) is 0 Å². The van der Waals surface area contributed by atoms with Crippen molar-refractivity contribution >= 4 is 21.4 Å². The minimum atomic E-state index is -0.144. The van der Waals surface area contributed by atoms with E-state index in [0.717, 1.165) is 9.58 Å². The van der Waals surface area contributed by atoms with Crippen molar-refractivity contribution in [2.24, 2.45) is 5.73 Å². The Morgan fingerprint density at radius 2 is 2.29 bits per heavy atom. The molecule has 2 N–H and O–H groups in total. The van der Waals surface area contributed by atoms with Gasteiger partial charge in [-0.25, -0.2) is 4.39 Å². The van der Waals surface area contributed by atoms with E-state index in [-0.39, 0.29) is 5.82 Å². The topological polar surface area (TPSA) is 26.0 Å². The Bertz CT molecular complexity index is 449. The predicted molar refractivity (Wildman–Crippen MR) is 59.3 cm³/mol. The van der Waals surface area contributed by atoms with Gasteiger partial charge in [-0.3, -0.25) is 0 Å². The van der Waals surface area contributed by atoms with Crippen molar-refractivity contribution in [2.75, 3.05) is 6.54 Å². The maximum atomic E-state index is 13.3. The molecule has 0 spiro atoms. The van der Waals surface area contributed by atoms with Gasteiger partial charge >= 0.3 is 0 Å². The summed E-state index contributed by atoms with van der Waals surface area (Å²) in [6, 6.07) is 7.08. The standard InChI is InChI=1S/C11H12FNS/c1-7(6-13)11-5-8-9(12)3-2-4-10(8)14-11/h2-5,7H,6,13H2,1H3. The van der Waals surface area contributed by atoms with Gasteiger partial charge in [-0.15, -0.1) is 11.3 Å². The first-order valence-corrected chi connectivity index (χ1v) is 5.42. The second-order valence-corrected chi connectivity index (χ2v) is 4.55. The molecule has 2 rings (SSSR count). The Labute approximate surface area is 86.4 Å². The van der Waals surface area contributed by atoms with Crippen molar-refractivity contribution in [1.82, 2.24) is 0 Å². The van der Waals surface area contributed by atoms with Crippen LogP contribution >= 0.6 is 11.3 Å². The molecule has 3 heteroatoms. The largest absolute Gasteiger partial charge is 0.330 e. The molecule has 2 aromatic rings. The first kappa shape index (κ1) is 9.62. The van der Waals surface area contributed by atoms with E-state index in [4.69, 9.17) is 5.73 Å². The molecule has 74 valence electrons. The molecular weight excluding hydrogens is 197 g/mol. The lowest BCUT2D eigenvalue weighted by Crippen LogP contribution is -2.06. The van der Waals surface area contributed by atoms with Gasteiger partial charge in [0.05, 0.1) is 0 Å². The first-order valence-electron chi connectivity index (χ1n) is 4.60. The van der Waals surface area contributed by atoms with Crippen molar-refractivity contribution in [1.29, 1.82) is 0 Å². The molecule has 0 bridgehead atoms. The normalized spacial score (nSPS) is 13.4. The van der Waals surface area contributed by atoms with E-state index >= 15 is 0 Å². The Hall–Kier alpha value is -0.930. The van der Waals surface area contributed by atoms with Gasteiger partial charge in [-0.2, -0.15) is 0 Å². The van der Waals surface area contributed by atoms with E-state index in [9.17, 15) is 4.39 Å². The lowest BCUT2D eigenvalue weighted by molar-refractivity contribution is 0.640. The SMILES string of the molecule is CC(CN)c1cc2c(F)cccc2s1. The second kappa shape index (κ2) is 3.67. The van der Waals surface area contributed by atoms with Crippen molar-refractivity contribution in [3.8, 4) is 0 Å². The van der Waals surface area contributed by atoms with Gasteiger partial charge in [-0.05, 0) is 24.7 Å². The highest BCUT2D eigenvalue weighted by molar-refractivity contribution is 7.19. The van der Waals surface area contributed by atoms with Gasteiger partial charge in [0.15, 0.2) is 0 Å². The summed E-state index contributed by atoms with van der Waals surface area (Å²) in [7, 11) is 0. The number of hydrogen-bond acceptors (Lipinski definition) is 2. The lowest BCUT2D eigenvalue weighted by Gasteiger charge is -2.02. The van der Waals surface area contributed by atoms with Crippen LogP contribution in [0.3, 0.4) is 0 Å². The maximum Gasteiger partial charge on any atom is 0.131 e. The van der Waals surface area contributed by atoms with E-state index < -0.39 is 0 Å². The van der Waals surface area contributed by atoms with Crippen LogP contribution in [0.15, 0.2) is 24.3 Å². The zero-order valence-electron chi connectivity index (χ0n) is 7.96. The van der Waals surface area contributed by atoms with Gasteiger partial charge in [0.1, 0.15) is 5.82 Å². The third-order valence-corrected chi connectivity index (χ3v) is 3.70. The number of rotatable bonds is 2. The Morgan fingerprint density at radius 3 is 2.93 bits per heavy atom. The number of benzene rings is 1. The number of fused-ring (bicyclic) bond motifs is 1. The molecule has 0 radical (unpaired) electrons. The fourth-order valence-corrected chi connectivity index (χ4v) is 2.55. The third-order valence-electron chi connectivity index (χ3n) is 2.37. The van der Waals surface area contributed by atoms with Gasteiger partial charge in [0.2, 0.25) is 0 Å². The molecule has 1 unspecified atom stereocenters. The molecule has 0 saturated carbocycles. The van der Waals surface area contributed by atoms with Gasteiger partial charge < -0.3 is 5.73 Å². The summed E-state index contributed by atoms with van der Waals surface area (Å²) in [5, 5.41) is 0.716. The van der Waals surface area contributed by atoms with Gasteiger partial charge in [-0.1, -0.05) is 13.0 Å². The molecule has 1 heterocycles. The highest BCUT2D eigenvalue weighted by atomic mass is 32.1. The number of halogens is 1. The van der Waals surface area contributed by atoms with E-state index in [1.807, 2.05) is 12.1 Å². The minimum absolute atomic E-state index is 0.144. The van der Waals surface area contributed by atoms with E-state index in [0.29, 0.717) is 17.8 Å². The average molecular weight is 209 g/mol. The van der Waals surface area contributed by atoms with Crippen LogP contribution in [0.1, 0.15) is 17.7 Å². The summed E-state index contributed by atoms with van der Waals surface area (Å²) < 4.78 is 14.3. The zero-order valence-corrected chi connectivity index (χ0v) is 8.77. The molecule has 1 aromatic carbocycles. The van der Waals surface area contributed by atoms with Crippen LogP contribution in [-0.2, 0) is 0 Å².